The zero-order valence-corrected chi connectivity index (χ0v) is 11.8. The second-order valence-electron chi connectivity index (χ2n) is 6.17. The zero-order chi connectivity index (χ0) is 14.4. The van der Waals surface area contributed by atoms with Crippen molar-refractivity contribution < 1.29 is 9.90 Å². The Bertz CT molecular complexity index is 700. The van der Waals surface area contributed by atoms with Gasteiger partial charge in [-0.25, -0.2) is 4.98 Å². The van der Waals surface area contributed by atoms with Crippen molar-refractivity contribution in [3.05, 3.63) is 42.1 Å². The number of aromatic nitrogens is 1. The monoisotopic (exact) mass is 282 g/mol. The molecular weight excluding hydrogens is 264 g/mol. The summed E-state index contributed by atoms with van der Waals surface area (Å²) in [5.41, 5.74) is 1.35. The lowest BCUT2D eigenvalue weighted by Gasteiger charge is -2.18. The van der Waals surface area contributed by atoms with Crippen molar-refractivity contribution in [3.63, 3.8) is 0 Å². The second-order valence-corrected chi connectivity index (χ2v) is 6.17. The molecule has 1 amide bonds. The van der Waals surface area contributed by atoms with E-state index in [4.69, 9.17) is 0 Å². The predicted molar refractivity (Wildman–Crippen MR) is 79.9 cm³/mol. The van der Waals surface area contributed by atoms with Crippen LogP contribution in [0.2, 0.25) is 0 Å². The van der Waals surface area contributed by atoms with Crippen LogP contribution in [0.25, 0.3) is 10.9 Å². The quantitative estimate of drug-likeness (QED) is 0.871. The van der Waals surface area contributed by atoms with Gasteiger partial charge in [-0.1, -0.05) is 24.3 Å². The molecule has 2 heterocycles. The average molecular weight is 282 g/mol. The molecule has 0 spiro atoms. The number of aliphatic hydroxyl groups is 1. The SMILES string of the molecule is O=C(c1ccc2ccccc2n1)N1CC2CCC(O)C2C1. The first-order chi connectivity index (χ1) is 10.2. The van der Waals surface area contributed by atoms with Gasteiger partial charge in [0.05, 0.1) is 11.6 Å². The van der Waals surface area contributed by atoms with Crippen molar-refractivity contribution >= 4 is 16.8 Å². The fourth-order valence-corrected chi connectivity index (χ4v) is 3.75. The lowest BCUT2D eigenvalue weighted by atomic mass is 10.00. The second kappa shape index (κ2) is 4.81. The van der Waals surface area contributed by atoms with Crippen LogP contribution in [0.15, 0.2) is 36.4 Å². The molecule has 1 N–H and O–H groups in total. The molecule has 4 rings (SSSR count). The summed E-state index contributed by atoms with van der Waals surface area (Å²) in [6.45, 7) is 1.42. The first-order valence-electron chi connectivity index (χ1n) is 7.55. The molecule has 4 heteroatoms. The van der Waals surface area contributed by atoms with Crippen molar-refractivity contribution in [2.45, 2.75) is 18.9 Å². The lowest BCUT2D eigenvalue weighted by molar-refractivity contribution is 0.0747. The number of rotatable bonds is 1. The summed E-state index contributed by atoms with van der Waals surface area (Å²) in [6.07, 6.45) is 1.67. The number of amides is 1. The summed E-state index contributed by atoms with van der Waals surface area (Å²) < 4.78 is 0. The Hall–Kier alpha value is -1.94. The number of likely N-dealkylation sites (tertiary alicyclic amines) is 1. The Balaban J connectivity index is 1.59. The highest BCUT2D eigenvalue weighted by Gasteiger charge is 2.43. The molecule has 108 valence electrons. The number of benzene rings is 1. The molecule has 3 unspecified atom stereocenters. The standard InChI is InChI=1S/C17H18N2O2/c20-16-8-6-12-9-19(10-13(12)16)17(21)15-7-5-11-3-1-2-4-14(11)18-15/h1-5,7,12-13,16,20H,6,8-10H2. The van der Waals surface area contributed by atoms with Gasteiger partial charge >= 0.3 is 0 Å². The number of pyridine rings is 1. The van der Waals surface area contributed by atoms with E-state index in [0.29, 0.717) is 18.2 Å². The van der Waals surface area contributed by atoms with Gasteiger partial charge in [0.1, 0.15) is 5.69 Å². The topological polar surface area (TPSA) is 53.4 Å². The van der Waals surface area contributed by atoms with Gasteiger partial charge in [0, 0.05) is 24.4 Å². The van der Waals surface area contributed by atoms with Gasteiger partial charge in [-0.2, -0.15) is 0 Å². The van der Waals surface area contributed by atoms with E-state index in [-0.39, 0.29) is 17.9 Å². The van der Waals surface area contributed by atoms with Crippen molar-refractivity contribution in [2.75, 3.05) is 13.1 Å². The van der Waals surface area contributed by atoms with Crippen molar-refractivity contribution in [1.29, 1.82) is 0 Å². The number of nitrogens with zero attached hydrogens (tertiary/aromatic N) is 2. The molecule has 21 heavy (non-hydrogen) atoms. The summed E-state index contributed by atoms with van der Waals surface area (Å²) in [4.78, 5) is 18.9. The van der Waals surface area contributed by atoms with Crippen LogP contribution >= 0.6 is 0 Å². The Kier molecular flexibility index (Phi) is 2.93. The maximum atomic E-state index is 12.6. The van der Waals surface area contributed by atoms with E-state index in [1.165, 1.54) is 0 Å². The number of hydrogen-bond donors (Lipinski definition) is 1. The van der Waals surface area contributed by atoms with E-state index >= 15 is 0 Å². The minimum absolute atomic E-state index is 0.0117. The van der Waals surface area contributed by atoms with Gasteiger partial charge in [0.25, 0.3) is 5.91 Å². The maximum absolute atomic E-state index is 12.6. The fraction of sp³-hybridized carbons (Fsp3) is 0.412. The van der Waals surface area contributed by atoms with Crippen molar-refractivity contribution in [1.82, 2.24) is 9.88 Å². The summed E-state index contributed by atoms with van der Waals surface area (Å²) in [5, 5.41) is 11.0. The normalized spacial score (nSPS) is 28.0. The highest BCUT2D eigenvalue weighted by molar-refractivity contribution is 5.95. The molecule has 2 aromatic rings. The van der Waals surface area contributed by atoms with Crippen LogP contribution in [0.4, 0.5) is 0 Å². The molecule has 1 aromatic carbocycles. The molecule has 0 radical (unpaired) electrons. The van der Waals surface area contributed by atoms with Crippen LogP contribution in [-0.4, -0.2) is 40.1 Å². The van der Waals surface area contributed by atoms with E-state index < -0.39 is 0 Å². The molecule has 4 nitrogen and oxygen atoms in total. The van der Waals surface area contributed by atoms with E-state index in [9.17, 15) is 9.90 Å². The van der Waals surface area contributed by atoms with Crippen LogP contribution in [0.3, 0.4) is 0 Å². The van der Waals surface area contributed by atoms with Crippen molar-refractivity contribution in [2.24, 2.45) is 11.8 Å². The molecule has 1 saturated heterocycles. The summed E-state index contributed by atoms with van der Waals surface area (Å²) in [5.74, 6) is 0.709. The molecular formula is C17H18N2O2. The van der Waals surface area contributed by atoms with E-state index in [1.807, 2.05) is 35.2 Å². The van der Waals surface area contributed by atoms with Crippen molar-refractivity contribution in [3.8, 4) is 0 Å². The van der Waals surface area contributed by atoms with Crippen LogP contribution in [0, 0.1) is 11.8 Å². The third kappa shape index (κ3) is 2.10. The highest BCUT2D eigenvalue weighted by Crippen LogP contribution is 2.38. The highest BCUT2D eigenvalue weighted by atomic mass is 16.3. The third-order valence-electron chi connectivity index (χ3n) is 4.92. The molecule has 3 atom stereocenters. The summed E-state index contributed by atoms with van der Waals surface area (Å²) >= 11 is 0. The van der Waals surface area contributed by atoms with Crippen LogP contribution in [0.5, 0.6) is 0 Å². The van der Waals surface area contributed by atoms with Gasteiger partial charge in [-0.05, 0) is 30.9 Å². The van der Waals surface area contributed by atoms with Gasteiger partial charge in [-0.15, -0.1) is 0 Å². The molecule has 1 aliphatic heterocycles. The Labute approximate surface area is 123 Å². The molecule has 0 bridgehead atoms. The lowest BCUT2D eigenvalue weighted by Crippen LogP contribution is -2.31. The van der Waals surface area contributed by atoms with Crippen LogP contribution in [-0.2, 0) is 0 Å². The summed E-state index contributed by atoms with van der Waals surface area (Å²) in [6, 6.07) is 11.6. The number of carbonyl (C=O) groups is 1. The van der Waals surface area contributed by atoms with E-state index in [2.05, 4.69) is 4.98 Å². The maximum Gasteiger partial charge on any atom is 0.272 e. The van der Waals surface area contributed by atoms with Crippen LogP contribution < -0.4 is 0 Å². The molecule has 1 aliphatic carbocycles. The van der Waals surface area contributed by atoms with Crippen LogP contribution in [0.1, 0.15) is 23.3 Å². The smallest absolute Gasteiger partial charge is 0.272 e. The number of fused-ring (bicyclic) bond motifs is 2. The number of hydrogen-bond acceptors (Lipinski definition) is 3. The number of para-hydroxylation sites is 1. The van der Waals surface area contributed by atoms with Gasteiger partial charge in [0.2, 0.25) is 0 Å². The van der Waals surface area contributed by atoms with Gasteiger partial charge in [0.15, 0.2) is 0 Å². The molecule has 1 aromatic heterocycles. The van der Waals surface area contributed by atoms with E-state index in [0.717, 1.165) is 30.3 Å². The third-order valence-corrected chi connectivity index (χ3v) is 4.92. The van der Waals surface area contributed by atoms with Gasteiger partial charge < -0.3 is 10.0 Å². The molecule has 2 fully saturated rings. The largest absolute Gasteiger partial charge is 0.393 e. The van der Waals surface area contributed by atoms with E-state index in [1.54, 1.807) is 6.07 Å². The number of carbonyl (C=O) groups excluding carboxylic acids is 1. The molecule has 2 aliphatic rings. The average Bonchev–Trinajstić information content (AvgIpc) is 3.08. The van der Waals surface area contributed by atoms with Gasteiger partial charge in [-0.3, -0.25) is 4.79 Å². The first kappa shape index (κ1) is 12.8. The zero-order valence-electron chi connectivity index (χ0n) is 11.8. The molecule has 1 saturated carbocycles. The fourth-order valence-electron chi connectivity index (χ4n) is 3.75. The predicted octanol–water partition coefficient (Wildman–Crippen LogP) is 2.08. The Morgan fingerprint density at radius 1 is 1.14 bits per heavy atom. The Morgan fingerprint density at radius 3 is 2.86 bits per heavy atom. The number of aliphatic hydroxyl groups excluding tert-OH is 1. The minimum atomic E-state index is -0.239. The first-order valence-corrected chi connectivity index (χ1v) is 7.55. The summed E-state index contributed by atoms with van der Waals surface area (Å²) in [7, 11) is 0. The Morgan fingerprint density at radius 2 is 2.00 bits per heavy atom. The minimum Gasteiger partial charge on any atom is -0.393 e.